The maximum atomic E-state index is 11.8. The number of hydrogen-bond donors (Lipinski definition) is 2. The molecule has 19 heavy (non-hydrogen) atoms. The van der Waals surface area contributed by atoms with E-state index in [1.807, 2.05) is 0 Å². The largest absolute Gasteiger partial charge is 0.391 e. The first-order valence-electron chi connectivity index (χ1n) is 5.64. The Morgan fingerprint density at radius 2 is 2.00 bits per heavy atom. The van der Waals surface area contributed by atoms with E-state index in [0.717, 1.165) is 5.56 Å². The van der Waals surface area contributed by atoms with E-state index in [0.29, 0.717) is 5.69 Å². The summed E-state index contributed by atoms with van der Waals surface area (Å²) in [6, 6.07) is 6.91. The van der Waals surface area contributed by atoms with Crippen LogP contribution < -0.4 is 11.1 Å². The Morgan fingerprint density at radius 1 is 1.32 bits per heavy atom. The van der Waals surface area contributed by atoms with Gasteiger partial charge in [0.1, 0.15) is 6.61 Å². The highest BCUT2D eigenvalue weighted by molar-refractivity contribution is 5.92. The van der Waals surface area contributed by atoms with Gasteiger partial charge in [0, 0.05) is 12.2 Å². The summed E-state index contributed by atoms with van der Waals surface area (Å²) in [6.45, 7) is -0.699. The maximum absolute atomic E-state index is 11.8. The van der Waals surface area contributed by atoms with E-state index in [1.165, 1.54) is 0 Å². The molecule has 0 spiro atoms. The lowest BCUT2D eigenvalue weighted by Crippen LogP contribution is -2.21. The van der Waals surface area contributed by atoms with Crippen LogP contribution in [0.15, 0.2) is 24.3 Å². The molecule has 1 aromatic rings. The number of nitrogens with one attached hydrogen (secondary N) is 1. The van der Waals surface area contributed by atoms with Gasteiger partial charge in [0.2, 0.25) is 5.91 Å². The molecule has 0 saturated heterocycles. The SMILES string of the molecule is NCc1ccccc1NC(=O)COCCC(F)(F)F. The number of amides is 1. The standard InChI is InChI=1S/C12H15F3N2O2/c13-12(14,15)5-6-19-8-11(18)17-10-4-2-1-3-9(10)7-16/h1-4H,5-8,16H2,(H,17,18). The number of carbonyl (C=O) groups is 1. The van der Waals surface area contributed by atoms with Gasteiger partial charge in [-0.25, -0.2) is 0 Å². The van der Waals surface area contributed by atoms with Gasteiger partial charge in [-0.15, -0.1) is 0 Å². The van der Waals surface area contributed by atoms with Crippen molar-refractivity contribution in [3.63, 3.8) is 0 Å². The average Bonchev–Trinajstić information content (AvgIpc) is 2.34. The minimum absolute atomic E-state index is 0.255. The molecule has 0 radical (unpaired) electrons. The number of carbonyl (C=O) groups excluding carboxylic acids is 1. The second kappa shape index (κ2) is 7.10. The van der Waals surface area contributed by atoms with Gasteiger partial charge in [0.25, 0.3) is 0 Å². The third kappa shape index (κ3) is 6.21. The number of rotatable bonds is 6. The van der Waals surface area contributed by atoms with Crippen LogP contribution in [-0.4, -0.2) is 25.3 Å². The summed E-state index contributed by atoms with van der Waals surface area (Å²) in [5.74, 6) is -0.511. The number of halogens is 3. The number of nitrogens with two attached hydrogens (primary N) is 1. The molecule has 0 heterocycles. The average molecular weight is 276 g/mol. The minimum Gasteiger partial charge on any atom is -0.371 e. The summed E-state index contributed by atoms with van der Waals surface area (Å²) in [4.78, 5) is 11.4. The van der Waals surface area contributed by atoms with Gasteiger partial charge in [-0.3, -0.25) is 4.79 Å². The van der Waals surface area contributed by atoms with Crippen molar-refractivity contribution < 1.29 is 22.7 Å². The van der Waals surface area contributed by atoms with Crippen molar-refractivity contribution in [2.45, 2.75) is 19.1 Å². The summed E-state index contributed by atoms with van der Waals surface area (Å²) in [7, 11) is 0. The predicted molar refractivity (Wildman–Crippen MR) is 64.5 cm³/mol. The first-order valence-corrected chi connectivity index (χ1v) is 5.64. The van der Waals surface area contributed by atoms with Gasteiger partial charge in [0.05, 0.1) is 13.0 Å². The molecular weight excluding hydrogens is 261 g/mol. The second-order valence-electron chi connectivity index (χ2n) is 3.83. The Morgan fingerprint density at radius 3 is 2.63 bits per heavy atom. The molecule has 3 N–H and O–H groups in total. The molecule has 1 aromatic carbocycles. The molecule has 0 aliphatic rings. The van der Waals surface area contributed by atoms with Gasteiger partial charge in [-0.2, -0.15) is 13.2 Å². The Bertz CT molecular complexity index is 422. The highest BCUT2D eigenvalue weighted by atomic mass is 19.4. The lowest BCUT2D eigenvalue weighted by Gasteiger charge is -2.10. The normalized spacial score (nSPS) is 11.4. The van der Waals surface area contributed by atoms with Crippen LogP contribution in [0.25, 0.3) is 0 Å². The zero-order valence-electron chi connectivity index (χ0n) is 10.2. The molecule has 0 atom stereocenters. The smallest absolute Gasteiger partial charge is 0.371 e. The van der Waals surface area contributed by atoms with E-state index in [4.69, 9.17) is 5.73 Å². The quantitative estimate of drug-likeness (QED) is 0.782. The molecule has 0 aliphatic carbocycles. The maximum Gasteiger partial charge on any atom is 0.391 e. The van der Waals surface area contributed by atoms with E-state index in [-0.39, 0.29) is 6.54 Å². The third-order valence-electron chi connectivity index (χ3n) is 2.27. The molecule has 1 amide bonds. The summed E-state index contributed by atoms with van der Waals surface area (Å²) < 4.78 is 40.1. The highest BCUT2D eigenvalue weighted by Gasteiger charge is 2.26. The third-order valence-corrected chi connectivity index (χ3v) is 2.27. The molecule has 1 rings (SSSR count). The van der Waals surface area contributed by atoms with Gasteiger partial charge in [-0.05, 0) is 11.6 Å². The van der Waals surface area contributed by atoms with Crippen LogP contribution in [0.2, 0.25) is 0 Å². The number of ether oxygens (including phenoxy) is 1. The van der Waals surface area contributed by atoms with Crippen molar-refractivity contribution in [3.8, 4) is 0 Å². The lowest BCUT2D eigenvalue weighted by molar-refractivity contribution is -0.147. The van der Waals surface area contributed by atoms with Gasteiger partial charge >= 0.3 is 6.18 Å². The molecule has 0 fully saturated rings. The van der Waals surface area contributed by atoms with Crippen molar-refractivity contribution in [1.29, 1.82) is 0 Å². The molecule has 0 aliphatic heterocycles. The van der Waals surface area contributed by atoms with Crippen molar-refractivity contribution in [2.75, 3.05) is 18.5 Å². The number of hydrogen-bond acceptors (Lipinski definition) is 3. The first kappa shape index (κ1) is 15.5. The summed E-state index contributed by atoms with van der Waals surface area (Å²) in [5.41, 5.74) is 6.77. The van der Waals surface area contributed by atoms with Crippen molar-refractivity contribution >= 4 is 11.6 Å². The summed E-state index contributed by atoms with van der Waals surface area (Å²) >= 11 is 0. The number of alkyl halides is 3. The topological polar surface area (TPSA) is 64.3 Å². The van der Waals surface area contributed by atoms with E-state index in [1.54, 1.807) is 24.3 Å². The molecule has 7 heteroatoms. The van der Waals surface area contributed by atoms with Gasteiger partial charge < -0.3 is 15.8 Å². The van der Waals surface area contributed by atoms with Crippen molar-refractivity contribution in [2.24, 2.45) is 5.73 Å². The second-order valence-corrected chi connectivity index (χ2v) is 3.83. The van der Waals surface area contributed by atoms with Gasteiger partial charge in [0.15, 0.2) is 0 Å². The van der Waals surface area contributed by atoms with Crippen LogP contribution in [0.1, 0.15) is 12.0 Å². The molecule has 0 bridgehead atoms. The van der Waals surface area contributed by atoms with E-state index in [2.05, 4.69) is 10.1 Å². The molecule has 0 saturated carbocycles. The Hall–Kier alpha value is -1.60. The Balaban J connectivity index is 2.35. The minimum atomic E-state index is -4.28. The van der Waals surface area contributed by atoms with E-state index >= 15 is 0 Å². The van der Waals surface area contributed by atoms with Crippen LogP contribution in [0.5, 0.6) is 0 Å². The molecule has 0 aromatic heterocycles. The Kier molecular flexibility index (Phi) is 5.78. The van der Waals surface area contributed by atoms with Crippen LogP contribution >= 0.6 is 0 Å². The first-order chi connectivity index (χ1) is 8.92. The van der Waals surface area contributed by atoms with Crippen LogP contribution in [-0.2, 0) is 16.1 Å². The number of anilines is 1. The Labute approximate surface area is 108 Å². The zero-order chi connectivity index (χ0) is 14.3. The number of benzene rings is 1. The van der Waals surface area contributed by atoms with Gasteiger partial charge in [-0.1, -0.05) is 18.2 Å². The fourth-order valence-electron chi connectivity index (χ4n) is 1.36. The van der Waals surface area contributed by atoms with Crippen molar-refractivity contribution in [1.82, 2.24) is 0 Å². The molecule has 0 unspecified atom stereocenters. The lowest BCUT2D eigenvalue weighted by atomic mass is 10.2. The van der Waals surface area contributed by atoms with E-state index < -0.39 is 31.7 Å². The summed E-state index contributed by atoms with van der Waals surface area (Å²) in [5, 5.41) is 2.53. The molecule has 106 valence electrons. The van der Waals surface area contributed by atoms with Crippen molar-refractivity contribution in [3.05, 3.63) is 29.8 Å². The fraction of sp³-hybridized carbons (Fsp3) is 0.417. The summed E-state index contributed by atoms with van der Waals surface area (Å²) in [6.07, 6.45) is -5.34. The molecule has 4 nitrogen and oxygen atoms in total. The van der Waals surface area contributed by atoms with Crippen LogP contribution in [0, 0.1) is 0 Å². The predicted octanol–water partition coefficient (Wildman–Crippen LogP) is 2.05. The number of para-hydroxylation sites is 1. The van der Waals surface area contributed by atoms with Crippen LogP contribution in [0.4, 0.5) is 18.9 Å². The molecular formula is C12H15F3N2O2. The monoisotopic (exact) mass is 276 g/mol. The highest BCUT2D eigenvalue weighted by Crippen LogP contribution is 2.19. The van der Waals surface area contributed by atoms with E-state index in [9.17, 15) is 18.0 Å². The zero-order valence-corrected chi connectivity index (χ0v) is 10.2. The fourth-order valence-corrected chi connectivity index (χ4v) is 1.36. The van der Waals surface area contributed by atoms with Crippen LogP contribution in [0.3, 0.4) is 0 Å².